The molecule has 0 radical (unpaired) electrons. The molecule has 1 aromatic carbocycles. The summed E-state index contributed by atoms with van der Waals surface area (Å²) in [5, 5.41) is 7.95. The Morgan fingerprint density at radius 3 is 2.90 bits per heavy atom. The Bertz CT molecular complexity index is 822. The van der Waals surface area contributed by atoms with E-state index in [2.05, 4.69) is 19.7 Å². The molecule has 0 saturated heterocycles. The Balaban J connectivity index is 1.97. The van der Waals surface area contributed by atoms with E-state index in [0.717, 1.165) is 35.3 Å². The highest BCUT2D eigenvalue weighted by Gasteiger charge is 2.29. The number of benzene rings is 1. The molecule has 21 heavy (non-hydrogen) atoms. The van der Waals surface area contributed by atoms with Crippen LogP contribution in [0.25, 0.3) is 22.4 Å². The molecule has 0 unspecified atom stereocenters. The molecule has 3 aromatic rings. The molecule has 2 heterocycles. The number of hydrogen-bond acceptors (Lipinski definition) is 4. The summed E-state index contributed by atoms with van der Waals surface area (Å²) < 4.78 is 15.7. The normalized spacial score (nSPS) is 14.8. The van der Waals surface area contributed by atoms with Gasteiger partial charge in [0.15, 0.2) is 0 Å². The van der Waals surface area contributed by atoms with E-state index in [4.69, 9.17) is 5.73 Å². The molecule has 4 rings (SSSR count). The highest BCUT2D eigenvalue weighted by Crippen LogP contribution is 2.41. The van der Waals surface area contributed by atoms with Crippen LogP contribution in [0.5, 0.6) is 0 Å². The second-order valence-electron chi connectivity index (χ2n) is 5.31. The number of nitrogens with two attached hydrogens (primary N) is 1. The van der Waals surface area contributed by atoms with Crippen LogP contribution in [-0.4, -0.2) is 19.7 Å². The van der Waals surface area contributed by atoms with Crippen molar-refractivity contribution in [1.82, 2.24) is 19.7 Å². The molecule has 0 bridgehead atoms. The van der Waals surface area contributed by atoms with Crippen LogP contribution in [0.1, 0.15) is 24.6 Å². The fourth-order valence-electron chi connectivity index (χ4n) is 2.61. The fraction of sp³-hybridized carbons (Fsp3) is 0.267. The number of fused-ring (bicyclic) bond motifs is 1. The summed E-state index contributed by atoms with van der Waals surface area (Å²) in [6.45, 7) is 0.332. The molecule has 0 spiro atoms. The monoisotopic (exact) mass is 283 g/mol. The Morgan fingerprint density at radius 2 is 2.14 bits per heavy atom. The zero-order chi connectivity index (χ0) is 14.4. The van der Waals surface area contributed by atoms with Gasteiger partial charge in [-0.2, -0.15) is 10.2 Å². The lowest BCUT2D eigenvalue weighted by molar-refractivity contribution is 0.628. The number of hydrogen-bond donors (Lipinski definition) is 1. The summed E-state index contributed by atoms with van der Waals surface area (Å²) in [4.78, 5) is 4.65. The minimum atomic E-state index is -0.244. The van der Waals surface area contributed by atoms with Gasteiger partial charge < -0.3 is 10.3 Å². The van der Waals surface area contributed by atoms with Crippen LogP contribution < -0.4 is 5.73 Å². The lowest BCUT2D eigenvalue weighted by Crippen LogP contribution is -2.03. The molecule has 1 aliphatic carbocycles. The summed E-state index contributed by atoms with van der Waals surface area (Å²) in [6.07, 6.45) is 3.87. The van der Waals surface area contributed by atoms with Crippen molar-refractivity contribution in [2.24, 2.45) is 5.73 Å². The van der Waals surface area contributed by atoms with Gasteiger partial charge in [-0.25, -0.2) is 9.37 Å². The van der Waals surface area contributed by atoms with Crippen molar-refractivity contribution >= 4 is 11.0 Å². The minimum Gasteiger partial charge on any atom is -0.325 e. The van der Waals surface area contributed by atoms with Crippen LogP contribution in [-0.2, 0) is 6.54 Å². The standard InChI is InChI=1S/C15H14FN5/c16-10-1-4-13-14(6-10)21(12-2-3-12)15(19-13)9-5-11(7-17)20-18-8-9/h1,4-6,8,12H,2-3,7,17H2. The van der Waals surface area contributed by atoms with Crippen LogP contribution in [0.2, 0.25) is 0 Å². The van der Waals surface area contributed by atoms with Crippen LogP contribution in [0.4, 0.5) is 4.39 Å². The molecule has 2 N–H and O–H groups in total. The average Bonchev–Trinajstić information content (AvgIpc) is 3.28. The summed E-state index contributed by atoms with van der Waals surface area (Å²) >= 11 is 0. The highest BCUT2D eigenvalue weighted by molar-refractivity contribution is 5.81. The van der Waals surface area contributed by atoms with Crippen molar-refractivity contribution in [2.45, 2.75) is 25.4 Å². The topological polar surface area (TPSA) is 69.6 Å². The molecule has 0 amide bonds. The van der Waals surface area contributed by atoms with Gasteiger partial charge in [-0.05, 0) is 37.1 Å². The molecule has 2 aromatic heterocycles. The van der Waals surface area contributed by atoms with Gasteiger partial charge in [-0.1, -0.05) is 0 Å². The zero-order valence-electron chi connectivity index (χ0n) is 11.3. The minimum absolute atomic E-state index is 0.244. The lowest BCUT2D eigenvalue weighted by atomic mass is 10.2. The third-order valence-corrected chi connectivity index (χ3v) is 3.74. The predicted molar refractivity (Wildman–Crippen MR) is 76.9 cm³/mol. The maximum Gasteiger partial charge on any atom is 0.143 e. The van der Waals surface area contributed by atoms with Crippen LogP contribution >= 0.6 is 0 Å². The van der Waals surface area contributed by atoms with Crippen molar-refractivity contribution < 1.29 is 4.39 Å². The number of halogens is 1. The van der Waals surface area contributed by atoms with Crippen LogP contribution in [0.15, 0.2) is 30.5 Å². The van der Waals surface area contributed by atoms with Crippen molar-refractivity contribution in [3.05, 3.63) is 42.0 Å². The Labute approximate surface area is 120 Å². The van der Waals surface area contributed by atoms with Crippen molar-refractivity contribution in [3.8, 4) is 11.4 Å². The molecule has 1 fully saturated rings. The van der Waals surface area contributed by atoms with Crippen LogP contribution in [0.3, 0.4) is 0 Å². The highest BCUT2D eigenvalue weighted by atomic mass is 19.1. The molecule has 1 saturated carbocycles. The number of imidazole rings is 1. The maximum absolute atomic E-state index is 13.6. The van der Waals surface area contributed by atoms with Gasteiger partial charge in [0.25, 0.3) is 0 Å². The summed E-state index contributed by atoms with van der Waals surface area (Å²) in [5.41, 5.74) is 8.84. The smallest absolute Gasteiger partial charge is 0.143 e. The first-order valence-electron chi connectivity index (χ1n) is 6.96. The fourth-order valence-corrected chi connectivity index (χ4v) is 2.61. The zero-order valence-corrected chi connectivity index (χ0v) is 11.3. The average molecular weight is 283 g/mol. The van der Waals surface area contributed by atoms with Gasteiger partial charge >= 0.3 is 0 Å². The molecule has 0 aliphatic heterocycles. The second kappa shape index (κ2) is 4.60. The van der Waals surface area contributed by atoms with Gasteiger partial charge in [0.1, 0.15) is 11.6 Å². The summed E-state index contributed by atoms with van der Waals surface area (Å²) in [6, 6.07) is 6.98. The summed E-state index contributed by atoms with van der Waals surface area (Å²) in [7, 11) is 0. The second-order valence-corrected chi connectivity index (χ2v) is 5.31. The molecule has 1 aliphatic rings. The molecule has 0 atom stereocenters. The van der Waals surface area contributed by atoms with E-state index in [-0.39, 0.29) is 5.82 Å². The van der Waals surface area contributed by atoms with Gasteiger partial charge in [0, 0.05) is 18.2 Å². The van der Waals surface area contributed by atoms with Gasteiger partial charge in [0.05, 0.1) is 22.9 Å². The molecular formula is C15H14FN5. The Hall–Kier alpha value is -2.34. The molecule has 106 valence electrons. The van der Waals surface area contributed by atoms with E-state index in [1.807, 2.05) is 6.07 Å². The van der Waals surface area contributed by atoms with Gasteiger partial charge in [-0.15, -0.1) is 0 Å². The lowest BCUT2D eigenvalue weighted by Gasteiger charge is -2.07. The first-order valence-corrected chi connectivity index (χ1v) is 6.96. The summed E-state index contributed by atoms with van der Waals surface area (Å²) in [5.74, 6) is 0.564. The molecule has 6 heteroatoms. The number of nitrogens with zero attached hydrogens (tertiary/aromatic N) is 4. The Kier molecular flexibility index (Phi) is 2.71. The SMILES string of the molecule is NCc1cc(-c2nc3ccc(F)cc3n2C2CC2)cnn1. The first kappa shape index (κ1) is 12.4. The van der Waals surface area contributed by atoms with Crippen molar-refractivity contribution in [1.29, 1.82) is 0 Å². The maximum atomic E-state index is 13.6. The van der Waals surface area contributed by atoms with E-state index >= 15 is 0 Å². The van der Waals surface area contributed by atoms with E-state index in [9.17, 15) is 4.39 Å². The van der Waals surface area contributed by atoms with E-state index < -0.39 is 0 Å². The van der Waals surface area contributed by atoms with E-state index in [1.54, 1.807) is 18.3 Å². The number of aromatic nitrogens is 4. The third-order valence-electron chi connectivity index (χ3n) is 3.74. The predicted octanol–water partition coefficient (Wildman–Crippen LogP) is 2.43. The van der Waals surface area contributed by atoms with Crippen molar-refractivity contribution in [3.63, 3.8) is 0 Å². The van der Waals surface area contributed by atoms with E-state index in [0.29, 0.717) is 18.3 Å². The van der Waals surface area contributed by atoms with Gasteiger partial charge in [0.2, 0.25) is 0 Å². The van der Waals surface area contributed by atoms with E-state index in [1.165, 1.54) is 6.07 Å². The largest absolute Gasteiger partial charge is 0.325 e. The van der Waals surface area contributed by atoms with Crippen molar-refractivity contribution in [2.75, 3.05) is 0 Å². The molecular weight excluding hydrogens is 269 g/mol. The van der Waals surface area contributed by atoms with Gasteiger partial charge in [-0.3, -0.25) is 0 Å². The first-order chi connectivity index (χ1) is 10.3. The molecule has 5 nitrogen and oxygen atoms in total. The Morgan fingerprint density at radius 1 is 1.29 bits per heavy atom. The third kappa shape index (κ3) is 2.08. The van der Waals surface area contributed by atoms with Crippen LogP contribution in [0, 0.1) is 5.82 Å². The number of rotatable bonds is 3. The quantitative estimate of drug-likeness (QED) is 0.801.